The molecule has 24 heavy (non-hydrogen) atoms. The zero-order chi connectivity index (χ0) is 16.9. The third kappa shape index (κ3) is 3.73. The lowest BCUT2D eigenvalue weighted by molar-refractivity contribution is -0.135. The predicted molar refractivity (Wildman–Crippen MR) is 87.2 cm³/mol. The highest BCUT2D eigenvalue weighted by atomic mass is 16.5. The van der Waals surface area contributed by atoms with Crippen molar-refractivity contribution >= 4 is 5.91 Å². The van der Waals surface area contributed by atoms with Crippen LogP contribution in [0.4, 0.5) is 0 Å². The second-order valence-electron chi connectivity index (χ2n) is 6.04. The van der Waals surface area contributed by atoms with Crippen molar-refractivity contribution in [3.8, 4) is 5.75 Å². The van der Waals surface area contributed by atoms with Gasteiger partial charge in [-0.25, -0.2) is 4.98 Å². The molecule has 2 aromatic heterocycles. The highest BCUT2D eigenvalue weighted by molar-refractivity contribution is 5.77. The Kier molecular flexibility index (Phi) is 5.10. The Hall–Kier alpha value is -2.41. The molecule has 0 spiro atoms. The van der Waals surface area contributed by atoms with E-state index in [9.17, 15) is 9.90 Å². The summed E-state index contributed by atoms with van der Waals surface area (Å²) in [5, 5.41) is 10.5. The number of hydrogen-bond acceptors (Lipinski definition) is 5. The summed E-state index contributed by atoms with van der Waals surface area (Å²) in [6, 6.07) is 3.54. The molecule has 0 radical (unpaired) electrons. The van der Waals surface area contributed by atoms with Crippen LogP contribution < -0.4 is 4.74 Å². The highest BCUT2D eigenvalue weighted by Crippen LogP contribution is 2.29. The molecule has 3 rings (SSSR count). The van der Waals surface area contributed by atoms with Crippen LogP contribution in [0.1, 0.15) is 24.8 Å². The van der Waals surface area contributed by atoms with Gasteiger partial charge >= 0.3 is 0 Å². The number of aliphatic hydroxyl groups is 1. The monoisotopic (exact) mass is 330 g/mol. The lowest BCUT2D eigenvalue weighted by atomic mass is 9.90. The Morgan fingerprint density at radius 3 is 2.83 bits per heavy atom. The van der Waals surface area contributed by atoms with E-state index < -0.39 is 6.10 Å². The van der Waals surface area contributed by atoms with E-state index in [-0.39, 0.29) is 18.4 Å². The van der Waals surface area contributed by atoms with E-state index in [1.807, 2.05) is 17.8 Å². The molecule has 1 aliphatic heterocycles. The van der Waals surface area contributed by atoms with E-state index >= 15 is 0 Å². The Bertz CT molecular complexity index is 665. The number of aliphatic hydroxyl groups excluding tert-OH is 1. The van der Waals surface area contributed by atoms with Crippen LogP contribution in [0.15, 0.2) is 36.9 Å². The van der Waals surface area contributed by atoms with Crippen molar-refractivity contribution in [2.24, 2.45) is 13.0 Å². The van der Waals surface area contributed by atoms with E-state index in [0.717, 1.165) is 12.8 Å². The minimum atomic E-state index is -0.589. The van der Waals surface area contributed by atoms with Crippen molar-refractivity contribution in [3.05, 3.63) is 42.7 Å². The number of hydrogen-bond donors (Lipinski definition) is 1. The normalized spacial score (nSPS) is 16.8. The summed E-state index contributed by atoms with van der Waals surface area (Å²) < 4.78 is 7.29. The van der Waals surface area contributed by atoms with Gasteiger partial charge in [-0.2, -0.15) is 0 Å². The number of pyridine rings is 1. The van der Waals surface area contributed by atoms with Crippen LogP contribution in [0.2, 0.25) is 0 Å². The summed E-state index contributed by atoms with van der Waals surface area (Å²) in [5.74, 6) is 1.35. The summed E-state index contributed by atoms with van der Waals surface area (Å²) in [5.41, 5.74) is 0. The first kappa shape index (κ1) is 16.4. The van der Waals surface area contributed by atoms with Gasteiger partial charge in [0.2, 0.25) is 0 Å². The smallest absolute Gasteiger partial charge is 0.260 e. The fourth-order valence-corrected chi connectivity index (χ4v) is 3.01. The molecule has 1 saturated heterocycles. The molecular weight excluding hydrogens is 308 g/mol. The molecule has 0 aromatic carbocycles. The largest absolute Gasteiger partial charge is 0.482 e. The number of imidazole rings is 1. The third-order valence-electron chi connectivity index (χ3n) is 4.46. The van der Waals surface area contributed by atoms with Gasteiger partial charge in [-0.05, 0) is 30.9 Å². The Morgan fingerprint density at radius 1 is 1.42 bits per heavy atom. The van der Waals surface area contributed by atoms with Gasteiger partial charge in [-0.15, -0.1) is 0 Å². The maximum Gasteiger partial charge on any atom is 0.260 e. The molecule has 7 nitrogen and oxygen atoms in total. The number of aryl methyl sites for hydroxylation is 1. The molecule has 7 heteroatoms. The average molecular weight is 330 g/mol. The summed E-state index contributed by atoms with van der Waals surface area (Å²) >= 11 is 0. The minimum absolute atomic E-state index is 0.0122. The zero-order valence-electron chi connectivity index (χ0n) is 13.7. The number of amides is 1. The maximum atomic E-state index is 12.2. The zero-order valence-corrected chi connectivity index (χ0v) is 13.7. The second-order valence-corrected chi connectivity index (χ2v) is 6.04. The number of likely N-dealkylation sites (tertiary alicyclic amines) is 1. The van der Waals surface area contributed by atoms with Gasteiger partial charge in [0, 0.05) is 38.7 Å². The van der Waals surface area contributed by atoms with Gasteiger partial charge in [0.05, 0.1) is 6.20 Å². The number of aromatic nitrogens is 3. The van der Waals surface area contributed by atoms with E-state index in [2.05, 4.69) is 9.97 Å². The van der Waals surface area contributed by atoms with Crippen LogP contribution >= 0.6 is 0 Å². The Labute approximate surface area is 140 Å². The molecule has 128 valence electrons. The summed E-state index contributed by atoms with van der Waals surface area (Å²) in [4.78, 5) is 22.2. The van der Waals surface area contributed by atoms with Crippen molar-refractivity contribution in [2.45, 2.75) is 18.9 Å². The quantitative estimate of drug-likeness (QED) is 0.890. The van der Waals surface area contributed by atoms with Crippen LogP contribution in [0.5, 0.6) is 5.75 Å². The Morgan fingerprint density at radius 2 is 2.21 bits per heavy atom. The SMILES string of the molecule is Cn1ccnc1C(O)C1CCN(C(=O)COc2cccnc2)CC1. The number of piperidine rings is 1. The molecule has 1 aliphatic rings. The van der Waals surface area contributed by atoms with E-state index in [1.165, 1.54) is 0 Å². The number of carbonyl (C=O) groups excluding carboxylic acids is 1. The molecule has 1 unspecified atom stereocenters. The highest BCUT2D eigenvalue weighted by Gasteiger charge is 2.30. The lowest BCUT2D eigenvalue weighted by Crippen LogP contribution is -2.42. The second kappa shape index (κ2) is 7.44. The molecule has 3 heterocycles. The fraction of sp³-hybridized carbons (Fsp3) is 0.471. The van der Waals surface area contributed by atoms with Crippen molar-refractivity contribution in [2.75, 3.05) is 19.7 Å². The number of rotatable bonds is 5. The van der Waals surface area contributed by atoms with Crippen LogP contribution in [0.3, 0.4) is 0 Å². The van der Waals surface area contributed by atoms with Crippen molar-refractivity contribution < 1.29 is 14.6 Å². The van der Waals surface area contributed by atoms with Crippen molar-refractivity contribution in [1.82, 2.24) is 19.4 Å². The van der Waals surface area contributed by atoms with Crippen molar-refractivity contribution in [3.63, 3.8) is 0 Å². The van der Waals surface area contributed by atoms with Gasteiger partial charge in [-0.3, -0.25) is 9.78 Å². The first-order chi connectivity index (χ1) is 11.6. The summed E-state index contributed by atoms with van der Waals surface area (Å²) in [6.07, 6.45) is 7.68. The molecule has 0 bridgehead atoms. The average Bonchev–Trinajstić information content (AvgIpc) is 3.06. The minimum Gasteiger partial charge on any atom is -0.482 e. The van der Waals surface area contributed by atoms with E-state index in [1.54, 1.807) is 35.6 Å². The molecule has 2 aromatic rings. The molecule has 1 atom stereocenters. The first-order valence-electron chi connectivity index (χ1n) is 8.11. The predicted octanol–water partition coefficient (Wildman–Crippen LogP) is 1.17. The van der Waals surface area contributed by atoms with Gasteiger partial charge in [0.15, 0.2) is 6.61 Å². The van der Waals surface area contributed by atoms with E-state index in [4.69, 9.17) is 4.74 Å². The van der Waals surface area contributed by atoms with Gasteiger partial charge < -0.3 is 19.3 Å². The fourth-order valence-electron chi connectivity index (χ4n) is 3.01. The number of carbonyl (C=O) groups is 1. The van der Waals surface area contributed by atoms with Gasteiger partial charge in [0.1, 0.15) is 17.7 Å². The summed E-state index contributed by atoms with van der Waals surface area (Å²) in [6.45, 7) is 1.26. The standard InChI is InChI=1S/C17H22N4O3/c1-20-10-7-19-17(20)16(23)13-4-8-21(9-5-13)15(22)12-24-14-3-2-6-18-11-14/h2-3,6-7,10-11,13,16,23H,4-5,8-9,12H2,1H3. The summed E-state index contributed by atoms with van der Waals surface area (Å²) in [7, 11) is 1.87. The van der Waals surface area contributed by atoms with Crippen LogP contribution in [0.25, 0.3) is 0 Å². The molecule has 1 amide bonds. The third-order valence-corrected chi connectivity index (χ3v) is 4.46. The van der Waals surface area contributed by atoms with Crippen molar-refractivity contribution in [1.29, 1.82) is 0 Å². The van der Waals surface area contributed by atoms with Crippen LogP contribution in [-0.4, -0.2) is 50.1 Å². The number of ether oxygens (including phenoxy) is 1. The molecule has 1 N–H and O–H groups in total. The number of nitrogens with zero attached hydrogens (tertiary/aromatic N) is 4. The molecule has 1 fully saturated rings. The lowest BCUT2D eigenvalue weighted by Gasteiger charge is -2.34. The first-order valence-corrected chi connectivity index (χ1v) is 8.11. The van der Waals surface area contributed by atoms with Crippen LogP contribution in [0, 0.1) is 5.92 Å². The van der Waals surface area contributed by atoms with Gasteiger partial charge in [0.25, 0.3) is 5.91 Å². The molecule has 0 saturated carbocycles. The topological polar surface area (TPSA) is 80.5 Å². The maximum absolute atomic E-state index is 12.2. The molecule has 0 aliphatic carbocycles. The van der Waals surface area contributed by atoms with E-state index in [0.29, 0.717) is 24.7 Å². The Balaban J connectivity index is 1.48. The van der Waals surface area contributed by atoms with Crippen LogP contribution in [-0.2, 0) is 11.8 Å². The van der Waals surface area contributed by atoms with Gasteiger partial charge in [-0.1, -0.05) is 0 Å². The molecular formula is C17H22N4O3.